The van der Waals surface area contributed by atoms with Crippen LogP contribution in [0.3, 0.4) is 0 Å². The van der Waals surface area contributed by atoms with Gasteiger partial charge in [-0.3, -0.25) is 14.9 Å². The highest BCUT2D eigenvalue weighted by atomic mass is 127. The molecule has 0 aromatic heterocycles. The number of halogens is 1. The number of amides is 1. The third-order valence-corrected chi connectivity index (χ3v) is 4.14. The predicted octanol–water partition coefficient (Wildman–Crippen LogP) is 2.78. The topological polar surface area (TPSA) is 115 Å². The second kappa shape index (κ2) is 9.71. The minimum atomic E-state index is -0.566. The van der Waals surface area contributed by atoms with E-state index in [4.69, 9.17) is 9.47 Å². The number of rotatable bonds is 8. The van der Waals surface area contributed by atoms with Gasteiger partial charge in [0, 0.05) is 9.26 Å². The van der Waals surface area contributed by atoms with Crippen molar-refractivity contribution in [1.82, 2.24) is 5.43 Å². The molecule has 142 valence electrons. The molecule has 0 aliphatic heterocycles. The summed E-state index contributed by atoms with van der Waals surface area (Å²) in [6.07, 6.45) is 1.18. The number of methoxy groups -OCH3 is 2. The van der Waals surface area contributed by atoms with Crippen LogP contribution in [-0.4, -0.2) is 37.8 Å². The molecule has 0 aliphatic rings. The van der Waals surface area contributed by atoms with E-state index in [-0.39, 0.29) is 23.5 Å². The van der Waals surface area contributed by atoms with Crippen molar-refractivity contribution in [3.8, 4) is 11.5 Å². The lowest BCUT2D eigenvalue weighted by Crippen LogP contribution is -2.25. The van der Waals surface area contributed by atoms with Gasteiger partial charge in [-0.25, -0.2) is 5.43 Å². The van der Waals surface area contributed by atoms with Gasteiger partial charge in [0.1, 0.15) is 0 Å². The molecule has 0 saturated carbocycles. The summed E-state index contributed by atoms with van der Waals surface area (Å²) >= 11 is 2.19. The van der Waals surface area contributed by atoms with Gasteiger partial charge in [0.2, 0.25) is 0 Å². The van der Waals surface area contributed by atoms with Crippen LogP contribution >= 0.6 is 22.6 Å². The summed E-state index contributed by atoms with van der Waals surface area (Å²) in [4.78, 5) is 22.5. The van der Waals surface area contributed by atoms with Crippen molar-refractivity contribution in [1.29, 1.82) is 0 Å². The summed E-state index contributed by atoms with van der Waals surface area (Å²) < 4.78 is 11.3. The Labute approximate surface area is 169 Å². The third kappa shape index (κ3) is 5.81. The van der Waals surface area contributed by atoms with Gasteiger partial charge in [-0.05, 0) is 52.9 Å². The fourth-order valence-corrected chi connectivity index (χ4v) is 2.47. The van der Waals surface area contributed by atoms with Crippen LogP contribution in [0.1, 0.15) is 5.56 Å². The number of hydrazone groups is 1. The van der Waals surface area contributed by atoms with Crippen molar-refractivity contribution in [2.24, 2.45) is 5.10 Å². The Balaban J connectivity index is 2.02. The zero-order valence-electron chi connectivity index (χ0n) is 14.6. The molecule has 2 rings (SSSR count). The molecule has 0 radical (unpaired) electrons. The largest absolute Gasteiger partial charge is 0.493 e. The zero-order valence-corrected chi connectivity index (χ0v) is 16.7. The number of carbonyl (C=O) groups is 1. The molecule has 0 saturated heterocycles. The van der Waals surface area contributed by atoms with Gasteiger partial charge >= 0.3 is 0 Å². The highest BCUT2D eigenvalue weighted by molar-refractivity contribution is 14.1. The first-order valence-electron chi connectivity index (χ1n) is 7.66. The molecule has 9 nitrogen and oxygen atoms in total. The van der Waals surface area contributed by atoms with Crippen molar-refractivity contribution < 1.29 is 19.2 Å². The number of nitrogens with one attached hydrogen (secondary N) is 2. The third-order valence-electron chi connectivity index (χ3n) is 3.42. The molecule has 0 aliphatic carbocycles. The molecule has 2 aromatic rings. The van der Waals surface area contributed by atoms with Crippen LogP contribution in [-0.2, 0) is 4.79 Å². The van der Waals surface area contributed by atoms with Crippen molar-refractivity contribution in [3.05, 3.63) is 55.6 Å². The fraction of sp³-hybridized carbons (Fsp3) is 0.176. The lowest BCUT2D eigenvalue weighted by Gasteiger charge is -2.08. The average molecular weight is 484 g/mol. The Hall–Kier alpha value is -2.89. The van der Waals surface area contributed by atoms with Crippen molar-refractivity contribution in [2.45, 2.75) is 0 Å². The number of benzene rings is 2. The quantitative estimate of drug-likeness (QED) is 0.258. The minimum Gasteiger partial charge on any atom is -0.493 e. The number of anilines is 1. The van der Waals surface area contributed by atoms with E-state index in [1.807, 2.05) is 24.3 Å². The molecule has 0 unspecified atom stereocenters. The van der Waals surface area contributed by atoms with Crippen LogP contribution in [0.15, 0.2) is 41.5 Å². The second-order valence-corrected chi connectivity index (χ2v) is 6.42. The monoisotopic (exact) mass is 484 g/mol. The van der Waals surface area contributed by atoms with Gasteiger partial charge in [-0.2, -0.15) is 5.10 Å². The Bertz CT molecular complexity index is 855. The molecule has 0 spiro atoms. The molecule has 2 aromatic carbocycles. The van der Waals surface area contributed by atoms with E-state index in [0.717, 1.165) is 9.26 Å². The van der Waals surface area contributed by atoms with Crippen LogP contribution in [0, 0.1) is 13.7 Å². The summed E-state index contributed by atoms with van der Waals surface area (Å²) in [6, 6.07) is 10.2. The second-order valence-electron chi connectivity index (χ2n) is 5.18. The first-order chi connectivity index (χ1) is 12.9. The Kier molecular flexibility index (Phi) is 7.34. The lowest BCUT2D eigenvalue weighted by molar-refractivity contribution is -0.385. The average Bonchev–Trinajstić information content (AvgIpc) is 2.66. The Morgan fingerprint density at radius 2 is 1.85 bits per heavy atom. The maximum atomic E-state index is 11.8. The highest BCUT2D eigenvalue weighted by Gasteiger charge is 2.18. The van der Waals surface area contributed by atoms with E-state index >= 15 is 0 Å². The maximum Gasteiger partial charge on any atom is 0.282 e. The SMILES string of the molecule is COc1cc(C=NNC(=O)CNc2ccc(I)cc2)c([N+](=O)[O-])cc1OC. The molecule has 27 heavy (non-hydrogen) atoms. The zero-order chi connectivity index (χ0) is 19.8. The van der Waals surface area contributed by atoms with Crippen LogP contribution in [0.25, 0.3) is 0 Å². The fourth-order valence-electron chi connectivity index (χ4n) is 2.11. The molecule has 10 heteroatoms. The molecule has 0 heterocycles. The van der Waals surface area contributed by atoms with Crippen LogP contribution in [0.4, 0.5) is 11.4 Å². The number of hydrogen-bond donors (Lipinski definition) is 2. The summed E-state index contributed by atoms with van der Waals surface area (Å²) in [5, 5.41) is 17.9. The standard InChI is InChI=1S/C17H17IN4O5/c1-26-15-7-11(14(22(24)25)8-16(15)27-2)9-20-21-17(23)10-19-13-5-3-12(18)4-6-13/h3-9,19H,10H2,1-2H3,(H,21,23). The van der Waals surface area contributed by atoms with E-state index in [1.165, 1.54) is 32.6 Å². The van der Waals surface area contributed by atoms with E-state index in [0.29, 0.717) is 5.75 Å². The molecular formula is C17H17IN4O5. The normalized spacial score (nSPS) is 10.5. The van der Waals surface area contributed by atoms with Gasteiger partial charge in [0.15, 0.2) is 11.5 Å². The van der Waals surface area contributed by atoms with Gasteiger partial charge in [-0.1, -0.05) is 0 Å². The first-order valence-corrected chi connectivity index (χ1v) is 8.74. The number of carbonyl (C=O) groups excluding carboxylic acids is 1. The molecule has 2 N–H and O–H groups in total. The van der Waals surface area contributed by atoms with E-state index < -0.39 is 10.8 Å². The molecule has 0 atom stereocenters. The van der Waals surface area contributed by atoms with E-state index in [1.54, 1.807) is 0 Å². The van der Waals surface area contributed by atoms with Gasteiger partial charge in [0.05, 0.1) is 43.5 Å². The molecule has 0 bridgehead atoms. The number of hydrogen-bond acceptors (Lipinski definition) is 7. The smallest absolute Gasteiger partial charge is 0.282 e. The van der Waals surface area contributed by atoms with E-state index in [9.17, 15) is 14.9 Å². The predicted molar refractivity (Wildman–Crippen MR) is 110 cm³/mol. The van der Waals surface area contributed by atoms with Crippen molar-refractivity contribution in [3.63, 3.8) is 0 Å². The molecular weight excluding hydrogens is 467 g/mol. The van der Waals surface area contributed by atoms with Crippen LogP contribution in [0.2, 0.25) is 0 Å². The first kappa shape index (κ1) is 20.4. The molecule has 1 amide bonds. The van der Waals surface area contributed by atoms with Gasteiger partial charge < -0.3 is 14.8 Å². The van der Waals surface area contributed by atoms with E-state index in [2.05, 4.69) is 38.4 Å². The molecule has 0 fully saturated rings. The maximum absolute atomic E-state index is 11.8. The lowest BCUT2D eigenvalue weighted by atomic mass is 10.1. The van der Waals surface area contributed by atoms with Crippen molar-refractivity contribution >= 4 is 46.1 Å². The van der Waals surface area contributed by atoms with Gasteiger partial charge in [0.25, 0.3) is 11.6 Å². The van der Waals surface area contributed by atoms with Crippen LogP contribution in [0.5, 0.6) is 11.5 Å². The summed E-state index contributed by atoms with van der Waals surface area (Å²) in [6.45, 7) is 0.00591. The summed E-state index contributed by atoms with van der Waals surface area (Å²) in [5.74, 6) is 0.149. The summed E-state index contributed by atoms with van der Waals surface area (Å²) in [7, 11) is 2.80. The number of ether oxygens (including phenoxy) is 2. The number of nitro groups is 1. The number of nitrogens with zero attached hydrogens (tertiary/aromatic N) is 2. The van der Waals surface area contributed by atoms with Gasteiger partial charge in [-0.15, -0.1) is 0 Å². The Morgan fingerprint density at radius 3 is 2.44 bits per heavy atom. The minimum absolute atomic E-state index is 0.00591. The highest BCUT2D eigenvalue weighted by Crippen LogP contribution is 2.33. The van der Waals surface area contributed by atoms with Crippen LogP contribution < -0.4 is 20.2 Å². The summed E-state index contributed by atoms with van der Waals surface area (Å²) in [5.41, 5.74) is 3.06. The van der Waals surface area contributed by atoms with Crippen molar-refractivity contribution in [2.75, 3.05) is 26.1 Å². The Morgan fingerprint density at radius 1 is 1.22 bits per heavy atom. The number of nitro benzene ring substituents is 1.